The molecular formula is C20H36O3. The summed E-state index contributed by atoms with van der Waals surface area (Å²) in [6, 6.07) is 0. The van der Waals surface area contributed by atoms with Gasteiger partial charge in [-0.2, -0.15) is 0 Å². The molecule has 0 aromatic rings. The monoisotopic (exact) mass is 324 g/mol. The Kier molecular flexibility index (Phi) is 15.0. The topological polar surface area (TPSA) is 43.4 Å². The molecule has 0 aliphatic heterocycles. The molecule has 0 aliphatic carbocycles. The van der Waals surface area contributed by atoms with Gasteiger partial charge in [0.05, 0.1) is 7.11 Å². The Balaban J connectivity index is 3.44. The van der Waals surface area contributed by atoms with Gasteiger partial charge in [-0.05, 0) is 31.3 Å². The van der Waals surface area contributed by atoms with E-state index in [1.165, 1.54) is 39.2 Å². The minimum absolute atomic E-state index is 0.126. The zero-order valence-electron chi connectivity index (χ0n) is 15.3. The standard InChI is InChI=1S/C20H36O3/c1-4-5-6-7-10-13-16-19(21)18(2)15-12-9-8-11-14-17-20(22)23-3/h2,4-17H2,1,3H3. The van der Waals surface area contributed by atoms with E-state index in [4.69, 9.17) is 0 Å². The first-order valence-electron chi connectivity index (χ1n) is 9.39. The van der Waals surface area contributed by atoms with Crippen molar-refractivity contribution in [2.75, 3.05) is 7.11 Å². The molecule has 0 radical (unpaired) electrons. The maximum Gasteiger partial charge on any atom is 0.305 e. The molecule has 0 fully saturated rings. The first kappa shape index (κ1) is 21.9. The van der Waals surface area contributed by atoms with E-state index in [2.05, 4.69) is 18.2 Å². The van der Waals surface area contributed by atoms with Gasteiger partial charge in [0, 0.05) is 12.8 Å². The molecule has 0 rings (SSSR count). The van der Waals surface area contributed by atoms with Gasteiger partial charge in [-0.3, -0.25) is 9.59 Å². The summed E-state index contributed by atoms with van der Waals surface area (Å²) in [6.45, 7) is 6.16. The van der Waals surface area contributed by atoms with E-state index < -0.39 is 0 Å². The number of hydrogen-bond acceptors (Lipinski definition) is 3. The first-order valence-corrected chi connectivity index (χ1v) is 9.39. The molecule has 0 heterocycles. The van der Waals surface area contributed by atoms with Crippen LogP contribution >= 0.6 is 0 Å². The lowest BCUT2D eigenvalue weighted by Gasteiger charge is -2.05. The Morgan fingerprint density at radius 3 is 1.78 bits per heavy atom. The number of allylic oxidation sites excluding steroid dienone is 1. The van der Waals surface area contributed by atoms with Crippen LogP contribution < -0.4 is 0 Å². The van der Waals surface area contributed by atoms with Crippen LogP contribution in [-0.4, -0.2) is 18.9 Å². The molecule has 0 saturated carbocycles. The second-order valence-corrected chi connectivity index (χ2v) is 6.39. The molecule has 0 aromatic carbocycles. The van der Waals surface area contributed by atoms with Crippen LogP contribution in [0, 0.1) is 0 Å². The second-order valence-electron chi connectivity index (χ2n) is 6.39. The van der Waals surface area contributed by atoms with Gasteiger partial charge < -0.3 is 4.74 Å². The number of carbonyl (C=O) groups is 2. The summed E-state index contributed by atoms with van der Waals surface area (Å²) >= 11 is 0. The van der Waals surface area contributed by atoms with Gasteiger partial charge in [0.15, 0.2) is 5.78 Å². The van der Waals surface area contributed by atoms with Gasteiger partial charge in [0.2, 0.25) is 0 Å². The predicted octanol–water partition coefficient (Wildman–Crippen LogP) is 5.77. The zero-order chi connectivity index (χ0) is 17.3. The van der Waals surface area contributed by atoms with Gasteiger partial charge >= 0.3 is 5.97 Å². The third kappa shape index (κ3) is 14.2. The minimum atomic E-state index is -0.126. The summed E-state index contributed by atoms with van der Waals surface area (Å²) in [6.07, 6.45) is 14.5. The van der Waals surface area contributed by atoms with Crippen molar-refractivity contribution < 1.29 is 14.3 Å². The highest BCUT2D eigenvalue weighted by Crippen LogP contribution is 2.15. The van der Waals surface area contributed by atoms with Crippen molar-refractivity contribution in [3.05, 3.63) is 12.2 Å². The number of unbranched alkanes of at least 4 members (excludes halogenated alkanes) is 9. The van der Waals surface area contributed by atoms with Gasteiger partial charge in [-0.25, -0.2) is 0 Å². The van der Waals surface area contributed by atoms with Crippen molar-refractivity contribution >= 4 is 11.8 Å². The van der Waals surface area contributed by atoms with Crippen molar-refractivity contribution in [1.82, 2.24) is 0 Å². The second kappa shape index (κ2) is 15.8. The third-order valence-electron chi connectivity index (χ3n) is 4.24. The Hall–Kier alpha value is -1.12. The van der Waals surface area contributed by atoms with Gasteiger partial charge in [0.1, 0.15) is 0 Å². The van der Waals surface area contributed by atoms with Crippen LogP contribution in [0.3, 0.4) is 0 Å². The molecule has 0 unspecified atom stereocenters. The number of esters is 1. The molecule has 3 nitrogen and oxygen atoms in total. The number of rotatable bonds is 16. The molecule has 3 heteroatoms. The number of methoxy groups -OCH3 is 1. The normalized spacial score (nSPS) is 10.5. The average Bonchev–Trinajstić information content (AvgIpc) is 2.56. The highest BCUT2D eigenvalue weighted by atomic mass is 16.5. The summed E-state index contributed by atoms with van der Waals surface area (Å²) in [7, 11) is 1.43. The number of ketones is 1. The molecule has 0 atom stereocenters. The Morgan fingerprint density at radius 2 is 1.22 bits per heavy atom. The van der Waals surface area contributed by atoms with E-state index in [0.717, 1.165) is 50.5 Å². The van der Waals surface area contributed by atoms with E-state index in [1.807, 2.05) is 0 Å². The molecule has 134 valence electrons. The van der Waals surface area contributed by atoms with Crippen molar-refractivity contribution in [3.63, 3.8) is 0 Å². The van der Waals surface area contributed by atoms with Crippen LogP contribution in [0.2, 0.25) is 0 Å². The maximum atomic E-state index is 12.0. The van der Waals surface area contributed by atoms with Crippen LogP contribution in [0.1, 0.15) is 96.8 Å². The van der Waals surface area contributed by atoms with Crippen molar-refractivity contribution in [2.45, 2.75) is 96.8 Å². The molecule has 0 saturated heterocycles. The van der Waals surface area contributed by atoms with Crippen molar-refractivity contribution in [2.24, 2.45) is 0 Å². The first-order chi connectivity index (χ1) is 11.1. The quantitative estimate of drug-likeness (QED) is 0.206. The Morgan fingerprint density at radius 1 is 0.739 bits per heavy atom. The number of Topliss-reactive ketones (excluding diaryl/α,β-unsaturated/α-hetero) is 1. The van der Waals surface area contributed by atoms with Crippen molar-refractivity contribution in [1.29, 1.82) is 0 Å². The van der Waals surface area contributed by atoms with Gasteiger partial charge in [-0.15, -0.1) is 0 Å². The number of carbonyl (C=O) groups excluding carboxylic acids is 2. The van der Waals surface area contributed by atoms with Crippen molar-refractivity contribution in [3.8, 4) is 0 Å². The zero-order valence-corrected chi connectivity index (χ0v) is 15.3. The fourth-order valence-electron chi connectivity index (χ4n) is 2.62. The summed E-state index contributed by atoms with van der Waals surface area (Å²) in [5.74, 6) is 0.129. The van der Waals surface area contributed by atoms with E-state index in [-0.39, 0.29) is 11.8 Å². The number of ether oxygens (including phenoxy) is 1. The molecule has 0 spiro atoms. The molecule has 0 bridgehead atoms. The smallest absolute Gasteiger partial charge is 0.305 e. The lowest BCUT2D eigenvalue weighted by atomic mass is 9.99. The average molecular weight is 325 g/mol. The van der Waals surface area contributed by atoms with Crippen LogP contribution in [-0.2, 0) is 14.3 Å². The lowest BCUT2D eigenvalue weighted by molar-refractivity contribution is -0.140. The Bertz CT molecular complexity index is 334. The molecule has 0 amide bonds. The van der Waals surface area contributed by atoms with E-state index in [9.17, 15) is 9.59 Å². The lowest BCUT2D eigenvalue weighted by Crippen LogP contribution is -2.01. The highest BCUT2D eigenvalue weighted by molar-refractivity contribution is 5.94. The fraction of sp³-hybridized carbons (Fsp3) is 0.800. The predicted molar refractivity (Wildman–Crippen MR) is 96.5 cm³/mol. The molecule has 0 aliphatic rings. The van der Waals surface area contributed by atoms with Crippen LogP contribution in [0.25, 0.3) is 0 Å². The largest absolute Gasteiger partial charge is 0.469 e. The maximum absolute atomic E-state index is 12.0. The summed E-state index contributed by atoms with van der Waals surface area (Å²) in [5, 5.41) is 0. The van der Waals surface area contributed by atoms with E-state index in [1.54, 1.807) is 0 Å². The molecular weight excluding hydrogens is 288 g/mol. The SMILES string of the molecule is C=C(CCCCCCCC(=O)OC)C(=O)CCCCCCCC. The van der Waals surface area contributed by atoms with Gasteiger partial charge in [-0.1, -0.05) is 64.9 Å². The summed E-state index contributed by atoms with van der Waals surface area (Å²) in [5.41, 5.74) is 0.799. The van der Waals surface area contributed by atoms with Crippen LogP contribution in [0.5, 0.6) is 0 Å². The van der Waals surface area contributed by atoms with E-state index >= 15 is 0 Å². The fourth-order valence-corrected chi connectivity index (χ4v) is 2.62. The van der Waals surface area contributed by atoms with Crippen LogP contribution in [0.4, 0.5) is 0 Å². The van der Waals surface area contributed by atoms with E-state index in [0.29, 0.717) is 12.8 Å². The molecule has 23 heavy (non-hydrogen) atoms. The summed E-state index contributed by atoms with van der Waals surface area (Å²) in [4.78, 5) is 22.9. The van der Waals surface area contributed by atoms with Crippen LogP contribution in [0.15, 0.2) is 12.2 Å². The minimum Gasteiger partial charge on any atom is -0.469 e. The summed E-state index contributed by atoms with van der Waals surface area (Å²) < 4.78 is 4.61. The third-order valence-corrected chi connectivity index (χ3v) is 4.24. The van der Waals surface area contributed by atoms with Gasteiger partial charge in [0.25, 0.3) is 0 Å². The number of hydrogen-bond donors (Lipinski definition) is 0. The Labute approximate surface area is 142 Å². The molecule has 0 aromatic heterocycles. The highest BCUT2D eigenvalue weighted by Gasteiger charge is 2.06. The molecule has 0 N–H and O–H groups in total.